The molecule has 0 spiro atoms. The standard InChI is InChI=1S/C15H14F3NO2/c1-9-7-19(10(2)13(9)14(20)21)8-11-3-5-12(6-4-11)15(16,17)18/h3-7H,8H2,1-2H3,(H,20,21). The van der Waals surface area contributed by atoms with E-state index in [1.165, 1.54) is 12.1 Å². The number of carbonyl (C=O) groups is 1. The topological polar surface area (TPSA) is 42.2 Å². The van der Waals surface area contributed by atoms with Gasteiger partial charge in [-0.15, -0.1) is 0 Å². The molecule has 0 aliphatic carbocycles. The van der Waals surface area contributed by atoms with Crippen molar-refractivity contribution in [1.29, 1.82) is 0 Å². The average molecular weight is 297 g/mol. The van der Waals surface area contributed by atoms with Gasteiger partial charge in [0.15, 0.2) is 0 Å². The van der Waals surface area contributed by atoms with E-state index < -0.39 is 17.7 Å². The lowest BCUT2D eigenvalue weighted by Crippen LogP contribution is -2.06. The molecule has 2 aromatic rings. The third-order valence-electron chi connectivity index (χ3n) is 3.38. The van der Waals surface area contributed by atoms with Gasteiger partial charge in [0.2, 0.25) is 0 Å². The molecule has 0 aliphatic heterocycles. The molecule has 2 rings (SSSR count). The largest absolute Gasteiger partial charge is 0.478 e. The van der Waals surface area contributed by atoms with Crippen molar-refractivity contribution < 1.29 is 23.1 Å². The lowest BCUT2D eigenvalue weighted by molar-refractivity contribution is -0.137. The van der Waals surface area contributed by atoms with E-state index in [0.29, 0.717) is 23.4 Å². The Morgan fingerprint density at radius 2 is 1.76 bits per heavy atom. The van der Waals surface area contributed by atoms with Crippen LogP contribution in [0.3, 0.4) is 0 Å². The van der Waals surface area contributed by atoms with Crippen molar-refractivity contribution in [2.75, 3.05) is 0 Å². The summed E-state index contributed by atoms with van der Waals surface area (Å²) in [6, 6.07) is 4.86. The van der Waals surface area contributed by atoms with E-state index >= 15 is 0 Å². The summed E-state index contributed by atoms with van der Waals surface area (Å²) in [6.07, 6.45) is -2.66. The number of aromatic carboxylic acids is 1. The second-order valence-corrected chi connectivity index (χ2v) is 4.90. The molecule has 1 aromatic heterocycles. The summed E-state index contributed by atoms with van der Waals surface area (Å²) in [4.78, 5) is 11.1. The maximum absolute atomic E-state index is 12.5. The number of aryl methyl sites for hydroxylation is 1. The van der Waals surface area contributed by atoms with Crippen molar-refractivity contribution >= 4 is 5.97 Å². The first kappa shape index (κ1) is 15.2. The summed E-state index contributed by atoms with van der Waals surface area (Å²) in [5.74, 6) is -1.00. The predicted molar refractivity (Wildman–Crippen MR) is 71.4 cm³/mol. The molecule has 1 heterocycles. The molecule has 0 saturated carbocycles. The third kappa shape index (κ3) is 3.09. The molecule has 0 fully saturated rings. The monoisotopic (exact) mass is 297 g/mol. The Balaban J connectivity index is 2.27. The maximum atomic E-state index is 12.5. The predicted octanol–water partition coefficient (Wildman–Crippen LogP) is 3.87. The zero-order valence-corrected chi connectivity index (χ0v) is 11.5. The van der Waals surface area contributed by atoms with Gasteiger partial charge in [-0.25, -0.2) is 4.79 Å². The highest BCUT2D eigenvalue weighted by Gasteiger charge is 2.29. The van der Waals surface area contributed by atoms with Crippen molar-refractivity contribution in [2.24, 2.45) is 0 Å². The zero-order valence-electron chi connectivity index (χ0n) is 11.5. The van der Waals surface area contributed by atoms with Crippen LogP contribution in [-0.4, -0.2) is 15.6 Å². The van der Waals surface area contributed by atoms with Crippen molar-refractivity contribution in [3.8, 4) is 0 Å². The number of hydrogen-bond acceptors (Lipinski definition) is 1. The third-order valence-corrected chi connectivity index (χ3v) is 3.38. The molecule has 0 radical (unpaired) electrons. The first-order valence-corrected chi connectivity index (χ1v) is 6.26. The summed E-state index contributed by atoms with van der Waals surface area (Å²) < 4.78 is 39.2. The second-order valence-electron chi connectivity index (χ2n) is 4.90. The molecule has 0 amide bonds. The molecule has 0 bridgehead atoms. The van der Waals surface area contributed by atoms with E-state index in [1.807, 2.05) is 0 Å². The maximum Gasteiger partial charge on any atom is 0.416 e. The molecule has 112 valence electrons. The minimum atomic E-state index is -4.35. The SMILES string of the molecule is Cc1cn(Cc2ccc(C(F)(F)F)cc2)c(C)c1C(=O)O. The van der Waals surface area contributed by atoms with Crippen LogP contribution in [0.25, 0.3) is 0 Å². The molecule has 0 saturated heterocycles. The highest BCUT2D eigenvalue weighted by atomic mass is 19.4. The van der Waals surface area contributed by atoms with Gasteiger partial charge in [0.1, 0.15) is 0 Å². The van der Waals surface area contributed by atoms with Crippen molar-refractivity contribution in [3.05, 3.63) is 58.4 Å². The van der Waals surface area contributed by atoms with Gasteiger partial charge in [0, 0.05) is 18.4 Å². The van der Waals surface area contributed by atoms with E-state index in [2.05, 4.69) is 0 Å². The Hall–Kier alpha value is -2.24. The molecule has 1 aromatic carbocycles. The molecular formula is C15H14F3NO2. The van der Waals surface area contributed by atoms with Crippen molar-refractivity contribution in [3.63, 3.8) is 0 Å². The van der Waals surface area contributed by atoms with Crippen LogP contribution in [0.2, 0.25) is 0 Å². The lowest BCUT2D eigenvalue weighted by atomic mass is 10.1. The molecule has 6 heteroatoms. The minimum absolute atomic E-state index is 0.238. The zero-order chi connectivity index (χ0) is 15.8. The highest BCUT2D eigenvalue weighted by Crippen LogP contribution is 2.29. The molecule has 0 unspecified atom stereocenters. The number of benzene rings is 1. The Kier molecular flexibility index (Phi) is 3.80. The van der Waals surface area contributed by atoms with Crippen LogP contribution in [0.15, 0.2) is 30.5 Å². The molecular weight excluding hydrogens is 283 g/mol. The van der Waals surface area contributed by atoms with Crippen molar-refractivity contribution in [1.82, 2.24) is 4.57 Å². The summed E-state index contributed by atoms with van der Waals surface area (Å²) in [5.41, 5.74) is 1.43. The van der Waals surface area contributed by atoms with Gasteiger partial charge >= 0.3 is 12.1 Å². The minimum Gasteiger partial charge on any atom is -0.478 e. The lowest BCUT2D eigenvalue weighted by Gasteiger charge is -2.09. The summed E-state index contributed by atoms with van der Waals surface area (Å²) in [6.45, 7) is 3.71. The fourth-order valence-corrected chi connectivity index (χ4v) is 2.31. The van der Waals surface area contributed by atoms with Crippen LogP contribution in [0.5, 0.6) is 0 Å². The van der Waals surface area contributed by atoms with Crippen LogP contribution in [0.4, 0.5) is 13.2 Å². The van der Waals surface area contributed by atoms with Gasteiger partial charge in [0.25, 0.3) is 0 Å². The van der Waals surface area contributed by atoms with Gasteiger partial charge in [-0.05, 0) is 37.1 Å². The van der Waals surface area contributed by atoms with Gasteiger partial charge in [-0.1, -0.05) is 12.1 Å². The van der Waals surface area contributed by atoms with Gasteiger partial charge in [-0.3, -0.25) is 0 Å². The van der Waals surface area contributed by atoms with Gasteiger partial charge in [0.05, 0.1) is 11.1 Å². The fourth-order valence-electron chi connectivity index (χ4n) is 2.31. The molecule has 0 aliphatic rings. The van der Waals surface area contributed by atoms with E-state index in [-0.39, 0.29) is 5.56 Å². The molecule has 21 heavy (non-hydrogen) atoms. The quantitative estimate of drug-likeness (QED) is 0.934. The highest BCUT2D eigenvalue weighted by molar-refractivity contribution is 5.90. The van der Waals surface area contributed by atoms with E-state index in [1.54, 1.807) is 24.6 Å². The van der Waals surface area contributed by atoms with E-state index in [4.69, 9.17) is 5.11 Å². The summed E-state index contributed by atoms with van der Waals surface area (Å²) in [7, 11) is 0. The first-order valence-electron chi connectivity index (χ1n) is 6.26. The summed E-state index contributed by atoms with van der Waals surface area (Å²) in [5, 5.41) is 9.11. The van der Waals surface area contributed by atoms with Crippen LogP contribution in [-0.2, 0) is 12.7 Å². The molecule has 3 nitrogen and oxygen atoms in total. The van der Waals surface area contributed by atoms with Crippen LogP contribution >= 0.6 is 0 Å². The average Bonchev–Trinajstić information content (AvgIpc) is 2.64. The number of aromatic nitrogens is 1. The smallest absolute Gasteiger partial charge is 0.416 e. The number of alkyl halides is 3. The number of nitrogens with zero attached hydrogens (tertiary/aromatic N) is 1. The second kappa shape index (κ2) is 5.27. The number of rotatable bonds is 3. The van der Waals surface area contributed by atoms with E-state index in [9.17, 15) is 18.0 Å². The van der Waals surface area contributed by atoms with Gasteiger partial charge in [-0.2, -0.15) is 13.2 Å². The van der Waals surface area contributed by atoms with Crippen LogP contribution < -0.4 is 0 Å². The normalized spacial score (nSPS) is 11.7. The number of carboxylic acids is 1. The Morgan fingerprint density at radius 3 is 2.19 bits per heavy atom. The number of halogens is 3. The number of hydrogen-bond donors (Lipinski definition) is 1. The Labute approximate surface area is 119 Å². The fraction of sp³-hybridized carbons (Fsp3) is 0.267. The molecule has 1 N–H and O–H groups in total. The van der Waals surface area contributed by atoms with Crippen LogP contribution in [0.1, 0.15) is 32.7 Å². The summed E-state index contributed by atoms with van der Waals surface area (Å²) >= 11 is 0. The number of carboxylic acid groups (broad SMARTS) is 1. The van der Waals surface area contributed by atoms with E-state index in [0.717, 1.165) is 12.1 Å². The molecule has 0 atom stereocenters. The van der Waals surface area contributed by atoms with Gasteiger partial charge < -0.3 is 9.67 Å². The Morgan fingerprint density at radius 1 is 1.19 bits per heavy atom. The first-order chi connectivity index (χ1) is 9.70. The Bertz CT molecular complexity index is 669. The van der Waals surface area contributed by atoms with Crippen LogP contribution in [0, 0.1) is 13.8 Å². The van der Waals surface area contributed by atoms with Crippen molar-refractivity contribution in [2.45, 2.75) is 26.6 Å².